The molecule has 7 heteroatoms. The Hall–Kier alpha value is -6.70. The third-order valence-corrected chi connectivity index (χ3v) is 11.0. The first kappa shape index (κ1) is 28.2. The Kier molecular flexibility index (Phi) is 6.02. The minimum absolute atomic E-state index is 0.571. The molecule has 0 radical (unpaired) electrons. The van der Waals surface area contributed by atoms with Gasteiger partial charge in [-0.15, -0.1) is 11.3 Å². The smallest absolute Gasteiger partial charge is 0.238 e. The summed E-state index contributed by atoms with van der Waals surface area (Å²) in [4.78, 5) is 20.6. The second-order valence-corrected chi connectivity index (χ2v) is 13.8. The van der Waals surface area contributed by atoms with Crippen LogP contribution in [-0.2, 0) is 0 Å². The molecule has 0 saturated heterocycles. The molecule has 11 aromatic rings. The maximum Gasteiger partial charge on any atom is 0.238 e. The molecule has 238 valence electrons. The van der Waals surface area contributed by atoms with E-state index in [1.807, 2.05) is 41.8 Å². The first-order chi connectivity index (χ1) is 25.3. The Morgan fingerprint density at radius 3 is 1.94 bits per heavy atom. The van der Waals surface area contributed by atoms with Gasteiger partial charge in [0, 0.05) is 53.7 Å². The number of para-hydroxylation sites is 3. The summed E-state index contributed by atoms with van der Waals surface area (Å²) in [5.41, 5.74) is 8.02. The number of benzene rings is 6. The van der Waals surface area contributed by atoms with Crippen molar-refractivity contribution in [3.05, 3.63) is 158 Å². The fourth-order valence-corrected chi connectivity index (χ4v) is 8.78. The highest BCUT2D eigenvalue weighted by Gasteiger charge is 2.23. The van der Waals surface area contributed by atoms with Gasteiger partial charge in [0.25, 0.3) is 0 Å². The molecule has 0 amide bonds. The van der Waals surface area contributed by atoms with E-state index in [0.717, 1.165) is 60.6 Å². The average molecular weight is 671 g/mol. The molecule has 0 saturated carbocycles. The molecule has 0 fully saturated rings. The van der Waals surface area contributed by atoms with Crippen molar-refractivity contribution < 1.29 is 0 Å². The van der Waals surface area contributed by atoms with E-state index >= 15 is 0 Å². The zero-order valence-corrected chi connectivity index (χ0v) is 27.9. The maximum absolute atomic E-state index is 5.32. The van der Waals surface area contributed by atoms with Crippen LogP contribution in [0.15, 0.2) is 158 Å². The van der Waals surface area contributed by atoms with Crippen molar-refractivity contribution in [1.29, 1.82) is 0 Å². The second-order valence-electron chi connectivity index (χ2n) is 12.7. The number of thiophene rings is 1. The lowest BCUT2D eigenvalue weighted by Gasteiger charge is -2.15. The molecule has 0 atom stereocenters. The zero-order valence-electron chi connectivity index (χ0n) is 27.1. The SMILES string of the molecule is c1ccc(-c2nc(-c3ccccc3-n3c4cccnc4c4ccc5sc6ccccc6c5c43)nc(-n3c4ccccc4c4ccccc43)n2)cc1. The summed E-state index contributed by atoms with van der Waals surface area (Å²) in [7, 11) is 0. The number of nitrogens with zero attached hydrogens (tertiary/aromatic N) is 6. The van der Waals surface area contributed by atoms with E-state index in [1.165, 1.54) is 20.2 Å². The Morgan fingerprint density at radius 2 is 1.12 bits per heavy atom. The Bertz CT molecular complexity index is 3100. The van der Waals surface area contributed by atoms with Crippen molar-refractivity contribution in [2.45, 2.75) is 0 Å². The first-order valence-corrected chi connectivity index (χ1v) is 17.7. The van der Waals surface area contributed by atoms with Crippen molar-refractivity contribution in [3.8, 4) is 34.4 Å². The molecule has 6 nitrogen and oxygen atoms in total. The van der Waals surface area contributed by atoms with Crippen LogP contribution in [0.1, 0.15) is 0 Å². The predicted molar refractivity (Wildman–Crippen MR) is 210 cm³/mol. The molecule has 0 N–H and O–H groups in total. The number of hydrogen-bond acceptors (Lipinski definition) is 5. The fourth-order valence-electron chi connectivity index (χ4n) is 7.67. The van der Waals surface area contributed by atoms with Crippen LogP contribution in [0, 0.1) is 0 Å². The minimum Gasteiger partial charge on any atom is -0.306 e. The van der Waals surface area contributed by atoms with Crippen molar-refractivity contribution in [3.63, 3.8) is 0 Å². The van der Waals surface area contributed by atoms with Crippen LogP contribution >= 0.6 is 11.3 Å². The Labute approximate surface area is 295 Å². The number of rotatable bonds is 4. The highest BCUT2D eigenvalue weighted by atomic mass is 32.1. The predicted octanol–water partition coefficient (Wildman–Crippen LogP) is 11.2. The van der Waals surface area contributed by atoms with Crippen LogP contribution < -0.4 is 0 Å². The lowest BCUT2D eigenvalue weighted by Crippen LogP contribution is -2.07. The van der Waals surface area contributed by atoms with Crippen molar-refractivity contribution in [2.24, 2.45) is 0 Å². The molecule has 0 bridgehead atoms. The normalized spacial score (nSPS) is 11.9. The summed E-state index contributed by atoms with van der Waals surface area (Å²) in [6.07, 6.45) is 1.88. The third kappa shape index (κ3) is 4.16. The number of hydrogen-bond donors (Lipinski definition) is 0. The minimum atomic E-state index is 0.571. The largest absolute Gasteiger partial charge is 0.306 e. The molecule has 0 aliphatic rings. The standard InChI is InChI=1S/C44H26N6S/c1-2-13-27(14-3-1)42-46-43(48-44(47-42)50-33-19-8-4-15-28(33)29-16-5-9-20-34(29)50)30-17-6-10-21-35(30)49-36-22-12-26-45-40(36)32-24-25-38-39(41(32)49)31-18-7-11-23-37(31)51-38/h1-26H. The van der Waals surface area contributed by atoms with Gasteiger partial charge >= 0.3 is 0 Å². The topological polar surface area (TPSA) is 61.4 Å². The molecule has 0 unspecified atom stereocenters. The summed E-state index contributed by atoms with van der Waals surface area (Å²) in [6, 6.07) is 52.8. The lowest BCUT2D eigenvalue weighted by molar-refractivity contribution is 0.951. The molecule has 0 spiro atoms. The van der Waals surface area contributed by atoms with E-state index in [2.05, 4.69) is 137 Å². The van der Waals surface area contributed by atoms with Crippen LogP contribution in [-0.4, -0.2) is 29.1 Å². The summed E-state index contributed by atoms with van der Waals surface area (Å²) >= 11 is 1.82. The number of aromatic nitrogens is 6. The summed E-state index contributed by atoms with van der Waals surface area (Å²) in [5.74, 6) is 1.78. The van der Waals surface area contributed by atoms with E-state index in [4.69, 9.17) is 19.9 Å². The average Bonchev–Trinajstić information content (AvgIpc) is 3.86. The molecule has 0 aliphatic carbocycles. The second kappa shape index (κ2) is 10.9. The van der Waals surface area contributed by atoms with Crippen LogP contribution in [0.25, 0.3) is 98.3 Å². The van der Waals surface area contributed by atoms with Gasteiger partial charge in [-0.2, -0.15) is 9.97 Å². The molecule has 5 aromatic heterocycles. The molecule has 5 heterocycles. The molecule has 6 aromatic carbocycles. The van der Waals surface area contributed by atoms with E-state index in [9.17, 15) is 0 Å². The Balaban J connectivity index is 1.25. The van der Waals surface area contributed by atoms with Gasteiger partial charge in [0.2, 0.25) is 5.95 Å². The Morgan fingerprint density at radius 1 is 0.451 bits per heavy atom. The molecule has 51 heavy (non-hydrogen) atoms. The third-order valence-electron chi connectivity index (χ3n) is 9.84. The van der Waals surface area contributed by atoms with Gasteiger partial charge in [0.15, 0.2) is 11.6 Å². The zero-order chi connectivity index (χ0) is 33.5. The van der Waals surface area contributed by atoms with Crippen LogP contribution in [0.2, 0.25) is 0 Å². The number of fused-ring (bicyclic) bond motifs is 10. The van der Waals surface area contributed by atoms with Crippen molar-refractivity contribution in [1.82, 2.24) is 29.1 Å². The van der Waals surface area contributed by atoms with Gasteiger partial charge in [-0.25, -0.2) is 4.98 Å². The van der Waals surface area contributed by atoms with Gasteiger partial charge < -0.3 is 4.57 Å². The highest BCUT2D eigenvalue weighted by molar-refractivity contribution is 7.26. The van der Waals surface area contributed by atoms with Crippen LogP contribution in [0.4, 0.5) is 0 Å². The monoisotopic (exact) mass is 670 g/mol. The van der Waals surface area contributed by atoms with Gasteiger partial charge in [0.1, 0.15) is 0 Å². The highest BCUT2D eigenvalue weighted by Crippen LogP contribution is 2.43. The van der Waals surface area contributed by atoms with Gasteiger partial charge in [0.05, 0.1) is 33.3 Å². The van der Waals surface area contributed by atoms with E-state index in [0.29, 0.717) is 17.6 Å². The maximum atomic E-state index is 5.32. The van der Waals surface area contributed by atoms with Gasteiger partial charge in [-0.1, -0.05) is 97.1 Å². The summed E-state index contributed by atoms with van der Waals surface area (Å²) in [5, 5.41) is 5.89. The van der Waals surface area contributed by atoms with Crippen molar-refractivity contribution in [2.75, 3.05) is 0 Å². The van der Waals surface area contributed by atoms with Crippen LogP contribution in [0.3, 0.4) is 0 Å². The molecule has 11 rings (SSSR count). The molecular weight excluding hydrogens is 645 g/mol. The molecular formula is C44H26N6S. The van der Waals surface area contributed by atoms with E-state index < -0.39 is 0 Å². The first-order valence-electron chi connectivity index (χ1n) is 16.9. The van der Waals surface area contributed by atoms with E-state index in [-0.39, 0.29) is 0 Å². The quantitative estimate of drug-likeness (QED) is 0.187. The van der Waals surface area contributed by atoms with Gasteiger partial charge in [-0.3, -0.25) is 9.55 Å². The van der Waals surface area contributed by atoms with Crippen LogP contribution in [0.5, 0.6) is 0 Å². The van der Waals surface area contributed by atoms with Gasteiger partial charge in [-0.05, 0) is 54.6 Å². The number of pyridine rings is 1. The summed E-state index contributed by atoms with van der Waals surface area (Å²) in [6.45, 7) is 0. The lowest BCUT2D eigenvalue weighted by atomic mass is 10.1. The fraction of sp³-hybridized carbons (Fsp3) is 0. The molecule has 0 aliphatic heterocycles. The summed E-state index contributed by atoms with van der Waals surface area (Å²) < 4.78 is 7.03. The van der Waals surface area contributed by atoms with E-state index in [1.54, 1.807) is 0 Å². The van der Waals surface area contributed by atoms with Crippen molar-refractivity contribution >= 4 is 75.3 Å².